The number of Topliss-reactive ketones (excluding diaryl/α,β-unsaturated/α-hetero) is 1. The molecule has 0 heterocycles. The van der Waals surface area contributed by atoms with Crippen molar-refractivity contribution in [3.05, 3.63) is 47.5 Å². The maximum atomic E-state index is 12.5. The first-order chi connectivity index (χ1) is 14.9. The number of aliphatic hydroxyl groups excluding tert-OH is 2. The van der Waals surface area contributed by atoms with Gasteiger partial charge in [0.05, 0.1) is 23.0 Å². The molecule has 4 atom stereocenters. The number of carbonyl (C=O) groups excluding carboxylic acids is 1. The van der Waals surface area contributed by atoms with E-state index in [0.717, 1.165) is 30.7 Å². The second-order valence-electron chi connectivity index (χ2n) is 9.59. The van der Waals surface area contributed by atoms with E-state index in [1.807, 2.05) is 12.2 Å². The number of aromatic carboxylic acids is 1. The summed E-state index contributed by atoms with van der Waals surface area (Å²) in [6, 6.07) is 6.68. The van der Waals surface area contributed by atoms with E-state index in [9.17, 15) is 19.8 Å². The lowest BCUT2D eigenvalue weighted by atomic mass is 9.61. The highest BCUT2D eigenvalue weighted by Gasteiger charge is 2.46. The molecule has 0 radical (unpaired) electrons. The maximum absolute atomic E-state index is 12.5. The van der Waals surface area contributed by atoms with Gasteiger partial charge in [-0.25, -0.2) is 4.79 Å². The predicted octanol–water partition coefficient (Wildman–Crippen LogP) is 4.21. The molecule has 1 aromatic rings. The van der Waals surface area contributed by atoms with Crippen molar-refractivity contribution in [2.75, 3.05) is 0 Å². The number of rotatable bonds is 10. The minimum atomic E-state index is -0.957. The summed E-state index contributed by atoms with van der Waals surface area (Å²) in [4.78, 5) is 23.4. The number of benzene rings is 1. The van der Waals surface area contributed by atoms with Gasteiger partial charge in [-0.05, 0) is 54.7 Å². The fraction of sp³-hybridized carbons (Fsp3) is 0.600. The average Bonchev–Trinajstić information content (AvgIpc) is 3.49. The lowest BCUT2D eigenvalue weighted by Crippen LogP contribution is -2.41. The van der Waals surface area contributed by atoms with E-state index in [1.54, 1.807) is 24.3 Å². The van der Waals surface area contributed by atoms with E-state index in [0.29, 0.717) is 12.2 Å². The number of carbonyl (C=O) groups is 2. The first-order valence-corrected chi connectivity index (χ1v) is 12.4. The van der Waals surface area contributed by atoms with Gasteiger partial charge in [-0.2, -0.15) is 0 Å². The summed E-state index contributed by atoms with van der Waals surface area (Å²) < 4.78 is 0. The van der Waals surface area contributed by atoms with E-state index in [-0.39, 0.29) is 40.5 Å². The number of thioether (sulfide) groups is 1. The van der Waals surface area contributed by atoms with E-state index >= 15 is 0 Å². The number of carboxylic acids is 1. The zero-order valence-corrected chi connectivity index (χ0v) is 18.6. The van der Waals surface area contributed by atoms with E-state index in [4.69, 9.17) is 5.11 Å². The molecule has 3 saturated carbocycles. The third-order valence-electron chi connectivity index (χ3n) is 7.32. The lowest BCUT2D eigenvalue weighted by molar-refractivity contribution is -0.117. The smallest absolute Gasteiger partial charge is 0.335 e. The molecular formula is C25H32O5S. The Morgan fingerprint density at radius 1 is 1.23 bits per heavy atom. The molecule has 3 fully saturated rings. The Morgan fingerprint density at radius 2 is 1.94 bits per heavy atom. The molecule has 5 nitrogen and oxygen atoms in total. The summed E-state index contributed by atoms with van der Waals surface area (Å²) in [5, 5.41) is 30.0. The largest absolute Gasteiger partial charge is 0.478 e. The topological polar surface area (TPSA) is 94.8 Å². The van der Waals surface area contributed by atoms with Gasteiger partial charge >= 0.3 is 5.97 Å². The van der Waals surface area contributed by atoms with Crippen molar-refractivity contribution in [1.82, 2.24) is 0 Å². The number of ketones is 1. The summed E-state index contributed by atoms with van der Waals surface area (Å²) in [7, 11) is 0. The molecule has 4 rings (SSSR count). The van der Waals surface area contributed by atoms with Crippen LogP contribution in [0.15, 0.2) is 36.4 Å². The van der Waals surface area contributed by atoms with Crippen molar-refractivity contribution >= 4 is 23.5 Å². The lowest BCUT2D eigenvalue weighted by Gasteiger charge is -2.46. The van der Waals surface area contributed by atoms with Crippen molar-refractivity contribution in [3.8, 4) is 0 Å². The molecule has 0 aromatic heterocycles. The molecule has 1 aromatic carbocycles. The van der Waals surface area contributed by atoms with Crippen LogP contribution in [0.1, 0.15) is 67.3 Å². The molecule has 6 heteroatoms. The first-order valence-electron chi connectivity index (χ1n) is 11.4. The van der Waals surface area contributed by atoms with Crippen LogP contribution in [0.5, 0.6) is 0 Å². The minimum absolute atomic E-state index is 0.0547. The van der Waals surface area contributed by atoms with E-state index < -0.39 is 12.1 Å². The van der Waals surface area contributed by atoms with Crippen LogP contribution in [0.2, 0.25) is 0 Å². The van der Waals surface area contributed by atoms with Crippen molar-refractivity contribution < 1.29 is 24.9 Å². The second kappa shape index (κ2) is 9.47. The number of hydrogen-bond acceptors (Lipinski definition) is 5. The highest BCUT2D eigenvalue weighted by molar-refractivity contribution is 7.99. The highest BCUT2D eigenvalue weighted by Crippen LogP contribution is 2.53. The van der Waals surface area contributed by atoms with Crippen LogP contribution >= 0.6 is 11.8 Å². The molecule has 0 saturated heterocycles. The highest BCUT2D eigenvalue weighted by atomic mass is 32.2. The molecule has 3 N–H and O–H groups in total. The van der Waals surface area contributed by atoms with Crippen molar-refractivity contribution in [2.24, 2.45) is 17.3 Å². The van der Waals surface area contributed by atoms with Gasteiger partial charge in [0.15, 0.2) is 0 Å². The van der Waals surface area contributed by atoms with E-state index in [1.165, 1.54) is 31.0 Å². The van der Waals surface area contributed by atoms with Crippen molar-refractivity contribution in [3.63, 3.8) is 0 Å². The Labute approximate surface area is 187 Å². The molecule has 0 spiro atoms. The molecule has 3 aliphatic rings. The van der Waals surface area contributed by atoms with Crippen LogP contribution < -0.4 is 0 Å². The number of hydrogen-bond donors (Lipinski definition) is 3. The van der Waals surface area contributed by atoms with Gasteiger partial charge in [0.2, 0.25) is 0 Å². The molecule has 0 bridgehead atoms. The zero-order chi connectivity index (χ0) is 22.0. The molecule has 168 valence electrons. The van der Waals surface area contributed by atoms with Gasteiger partial charge in [-0.1, -0.05) is 43.5 Å². The van der Waals surface area contributed by atoms with Crippen molar-refractivity contribution in [2.45, 2.75) is 74.6 Å². The van der Waals surface area contributed by atoms with Gasteiger partial charge < -0.3 is 15.3 Å². The Hall–Kier alpha value is -1.63. The third-order valence-corrected chi connectivity index (χ3v) is 8.75. The molecule has 0 amide bonds. The molecule has 0 aliphatic heterocycles. The van der Waals surface area contributed by atoms with Gasteiger partial charge in [0, 0.05) is 18.1 Å². The Bertz CT molecular complexity index is 825. The van der Waals surface area contributed by atoms with E-state index in [2.05, 4.69) is 0 Å². The number of carboxylic acid groups (broad SMARTS) is 1. The minimum Gasteiger partial charge on any atom is -0.478 e. The molecule has 3 aliphatic carbocycles. The van der Waals surface area contributed by atoms with Gasteiger partial charge in [0.25, 0.3) is 0 Å². The first kappa shape index (κ1) is 22.6. The van der Waals surface area contributed by atoms with Crippen LogP contribution in [-0.2, 0) is 10.5 Å². The fourth-order valence-electron chi connectivity index (χ4n) is 5.05. The summed E-state index contributed by atoms with van der Waals surface area (Å²) in [5.74, 6) is 0.239. The predicted molar refractivity (Wildman–Crippen MR) is 121 cm³/mol. The second-order valence-corrected chi connectivity index (χ2v) is 10.7. The van der Waals surface area contributed by atoms with Crippen LogP contribution in [0.25, 0.3) is 0 Å². The Morgan fingerprint density at radius 3 is 2.52 bits per heavy atom. The van der Waals surface area contributed by atoms with Crippen molar-refractivity contribution in [1.29, 1.82) is 0 Å². The normalized spacial score (nSPS) is 28.6. The summed E-state index contributed by atoms with van der Waals surface area (Å²) in [6.45, 7) is 0. The molecular weight excluding hydrogens is 412 g/mol. The van der Waals surface area contributed by atoms with Gasteiger partial charge in [-0.3, -0.25) is 4.79 Å². The summed E-state index contributed by atoms with van der Waals surface area (Å²) >= 11 is 1.50. The number of aliphatic hydroxyl groups is 2. The Kier molecular flexibility index (Phi) is 6.89. The summed E-state index contributed by atoms with van der Waals surface area (Å²) in [5.41, 5.74) is 1.28. The standard InChI is InChI=1S/C25H32O5S/c26-20-13-21(27)23(31-15-17-7-9-18(10-8-17)24(29)30)19(20)3-1-4-22(28)25(11-2-12-25)14-16-5-6-16/h1,3,7-10,16,19-20,22-23,26,28H,2,4-6,11-15H2,(H,29,30)/b3-1+/t19-,20+,22?,23?/m0/s1. The third kappa shape index (κ3) is 5.24. The van der Waals surface area contributed by atoms with Crippen LogP contribution in [0.4, 0.5) is 0 Å². The van der Waals surface area contributed by atoms with Gasteiger partial charge in [0.1, 0.15) is 5.78 Å². The van der Waals surface area contributed by atoms with Gasteiger partial charge in [-0.15, -0.1) is 11.8 Å². The SMILES string of the molecule is O=C(O)c1ccc(CSC2C(=O)C[C@@H](O)[C@@H]2/C=C/CC(O)C2(CC3CC3)CCC2)cc1. The van der Waals surface area contributed by atoms with Crippen LogP contribution in [-0.4, -0.2) is 44.5 Å². The quantitative estimate of drug-likeness (QED) is 0.468. The monoisotopic (exact) mass is 444 g/mol. The summed E-state index contributed by atoms with van der Waals surface area (Å²) in [6.07, 6.45) is 10.8. The molecule has 2 unspecified atom stereocenters. The maximum Gasteiger partial charge on any atom is 0.335 e. The molecule has 31 heavy (non-hydrogen) atoms. The zero-order valence-electron chi connectivity index (χ0n) is 17.8. The average molecular weight is 445 g/mol. The Balaban J connectivity index is 1.33. The van der Waals surface area contributed by atoms with Crippen LogP contribution in [0, 0.1) is 17.3 Å². The van der Waals surface area contributed by atoms with Crippen LogP contribution in [0.3, 0.4) is 0 Å². The fourth-order valence-corrected chi connectivity index (χ4v) is 6.39.